The van der Waals surface area contributed by atoms with Crippen LogP contribution in [-0.4, -0.2) is 4.92 Å². The number of fused-ring (bicyclic) bond motifs is 2. The Morgan fingerprint density at radius 1 is 1.22 bits per heavy atom. The monoisotopic (exact) mass is 279 g/mol. The molecule has 0 unspecified atom stereocenters. The summed E-state index contributed by atoms with van der Waals surface area (Å²) in [5.74, 6) is 1.02. The maximum atomic E-state index is 11.0. The fraction of sp³-hybridized carbons (Fsp3) is 0. The first-order valence-corrected chi connectivity index (χ1v) is 6.28. The third-order valence-corrected chi connectivity index (χ3v) is 3.96. The quantitative estimate of drug-likeness (QED) is 0.486. The van der Waals surface area contributed by atoms with Gasteiger partial charge in [-0.15, -0.1) is 0 Å². The van der Waals surface area contributed by atoms with Gasteiger partial charge in [0.05, 0.1) is 14.8 Å². The summed E-state index contributed by atoms with van der Waals surface area (Å²) >= 11 is 7.34. The van der Waals surface area contributed by atoms with E-state index < -0.39 is 4.92 Å². The molecule has 1 heterocycles. The van der Waals surface area contributed by atoms with Crippen LogP contribution in [0.25, 0.3) is 0 Å². The van der Waals surface area contributed by atoms with Gasteiger partial charge in [0, 0.05) is 6.07 Å². The highest BCUT2D eigenvalue weighted by Gasteiger charge is 2.26. The Morgan fingerprint density at radius 3 is 2.78 bits per heavy atom. The smallest absolute Gasteiger partial charge is 0.287 e. The van der Waals surface area contributed by atoms with Crippen molar-refractivity contribution in [2.24, 2.45) is 0 Å². The van der Waals surface area contributed by atoms with Crippen molar-refractivity contribution in [1.82, 2.24) is 0 Å². The van der Waals surface area contributed by atoms with Crippen LogP contribution >= 0.6 is 23.4 Å². The van der Waals surface area contributed by atoms with Gasteiger partial charge >= 0.3 is 0 Å². The molecule has 0 aromatic heterocycles. The summed E-state index contributed by atoms with van der Waals surface area (Å²) in [7, 11) is 0. The Bertz CT molecular complexity index is 660. The molecule has 0 N–H and O–H groups in total. The Balaban J connectivity index is 2.16. The molecule has 6 heteroatoms. The number of halogens is 1. The third kappa shape index (κ3) is 1.72. The van der Waals surface area contributed by atoms with Crippen molar-refractivity contribution in [3.63, 3.8) is 0 Å². The number of nitro benzene ring substituents is 1. The second kappa shape index (κ2) is 4.19. The van der Waals surface area contributed by atoms with Gasteiger partial charge in [0.2, 0.25) is 0 Å². The largest absolute Gasteiger partial charge is 0.453 e. The summed E-state index contributed by atoms with van der Waals surface area (Å²) < 4.78 is 5.64. The summed E-state index contributed by atoms with van der Waals surface area (Å²) in [5.41, 5.74) is 0.0446. The molecule has 90 valence electrons. The lowest BCUT2D eigenvalue weighted by Gasteiger charge is -2.19. The van der Waals surface area contributed by atoms with Crippen LogP contribution < -0.4 is 4.74 Å². The van der Waals surface area contributed by atoms with E-state index in [1.54, 1.807) is 24.3 Å². The van der Waals surface area contributed by atoms with Gasteiger partial charge in [-0.3, -0.25) is 10.1 Å². The Kier molecular flexibility index (Phi) is 2.65. The second-order valence-electron chi connectivity index (χ2n) is 3.63. The Morgan fingerprint density at radius 2 is 2.00 bits per heavy atom. The van der Waals surface area contributed by atoms with Crippen molar-refractivity contribution < 1.29 is 9.66 Å². The standard InChI is InChI=1S/C12H6ClNO3S/c13-7-3-1-6-10-11(7)17-9-5-2-4-8(14(15)16)12(9)18-10/h1-6H. The molecule has 2 aromatic rings. The minimum Gasteiger partial charge on any atom is -0.453 e. The zero-order chi connectivity index (χ0) is 12.7. The van der Waals surface area contributed by atoms with Crippen LogP contribution in [0.3, 0.4) is 0 Å². The van der Waals surface area contributed by atoms with Crippen molar-refractivity contribution in [2.45, 2.75) is 9.79 Å². The van der Waals surface area contributed by atoms with Crippen molar-refractivity contribution >= 4 is 29.1 Å². The van der Waals surface area contributed by atoms with Gasteiger partial charge in [0.25, 0.3) is 5.69 Å². The van der Waals surface area contributed by atoms with Crippen molar-refractivity contribution in [2.75, 3.05) is 0 Å². The molecular weight excluding hydrogens is 274 g/mol. The highest BCUT2D eigenvalue weighted by Crippen LogP contribution is 2.52. The molecule has 4 nitrogen and oxygen atoms in total. The number of hydrogen-bond donors (Lipinski definition) is 0. The van der Waals surface area contributed by atoms with Gasteiger partial charge in [-0.25, -0.2) is 0 Å². The summed E-state index contributed by atoms with van der Waals surface area (Å²) in [6.45, 7) is 0. The zero-order valence-corrected chi connectivity index (χ0v) is 10.5. The topological polar surface area (TPSA) is 52.4 Å². The molecule has 0 bridgehead atoms. The second-order valence-corrected chi connectivity index (χ2v) is 5.09. The molecule has 2 aromatic carbocycles. The molecule has 0 aliphatic carbocycles. The SMILES string of the molecule is O=[N+]([O-])c1cccc2c1Sc1cccc(Cl)c1O2. The molecular formula is C12H6ClNO3S. The van der Waals surface area contributed by atoms with E-state index >= 15 is 0 Å². The molecule has 1 aliphatic rings. The van der Waals surface area contributed by atoms with E-state index in [-0.39, 0.29) is 5.69 Å². The first-order valence-electron chi connectivity index (χ1n) is 5.08. The molecule has 18 heavy (non-hydrogen) atoms. The van der Waals surface area contributed by atoms with Gasteiger partial charge in [0.1, 0.15) is 10.6 Å². The van der Waals surface area contributed by atoms with E-state index in [0.717, 1.165) is 4.90 Å². The maximum absolute atomic E-state index is 11.0. The predicted molar refractivity (Wildman–Crippen MR) is 68.7 cm³/mol. The molecule has 0 saturated heterocycles. The van der Waals surface area contributed by atoms with E-state index in [0.29, 0.717) is 21.4 Å². The lowest BCUT2D eigenvalue weighted by atomic mass is 10.3. The molecule has 0 saturated carbocycles. The van der Waals surface area contributed by atoms with Crippen molar-refractivity contribution in [1.29, 1.82) is 0 Å². The molecule has 0 radical (unpaired) electrons. The number of rotatable bonds is 1. The first-order chi connectivity index (χ1) is 8.66. The average molecular weight is 280 g/mol. The number of para-hydroxylation sites is 1. The summed E-state index contributed by atoms with van der Waals surface area (Å²) in [4.78, 5) is 11.8. The highest BCUT2D eigenvalue weighted by molar-refractivity contribution is 7.99. The highest BCUT2D eigenvalue weighted by atomic mass is 35.5. The predicted octanol–water partition coefficient (Wildman–Crippen LogP) is 4.51. The van der Waals surface area contributed by atoms with Crippen LogP contribution in [0.1, 0.15) is 0 Å². The van der Waals surface area contributed by atoms with Gasteiger partial charge in [-0.2, -0.15) is 0 Å². The molecule has 0 spiro atoms. The lowest BCUT2D eigenvalue weighted by molar-refractivity contribution is -0.387. The number of nitrogens with zero attached hydrogens (tertiary/aromatic N) is 1. The molecule has 0 atom stereocenters. The summed E-state index contributed by atoms with van der Waals surface area (Å²) in [5, 5.41) is 11.5. The van der Waals surface area contributed by atoms with Crippen LogP contribution in [0.5, 0.6) is 11.5 Å². The lowest BCUT2D eigenvalue weighted by Crippen LogP contribution is -1.99. The van der Waals surface area contributed by atoms with Crippen LogP contribution in [0.2, 0.25) is 5.02 Å². The van der Waals surface area contributed by atoms with E-state index in [1.807, 2.05) is 6.07 Å². The van der Waals surface area contributed by atoms with Gasteiger partial charge in [-0.1, -0.05) is 35.5 Å². The van der Waals surface area contributed by atoms with E-state index in [2.05, 4.69) is 0 Å². The normalized spacial score (nSPS) is 12.3. The first kappa shape index (κ1) is 11.4. The Hall–Kier alpha value is -1.72. The average Bonchev–Trinajstić information content (AvgIpc) is 2.36. The molecule has 1 aliphatic heterocycles. The summed E-state index contributed by atoms with van der Waals surface area (Å²) in [6.07, 6.45) is 0. The van der Waals surface area contributed by atoms with Crippen LogP contribution in [0, 0.1) is 10.1 Å². The van der Waals surface area contributed by atoms with Gasteiger partial charge in [-0.05, 0) is 18.2 Å². The Labute approximate surface area is 112 Å². The molecule has 0 fully saturated rings. The van der Waals surface area contributed by atoms with Gasteiger partial charge in [0.15, 0.2) is 5.75 Å². The van der Waals surface area contributed by atoms with Crippen LogP contribution in [-0.2, 0) is 0 Å². The zero-order valence-electron chi connectivity index (χ0n) is 8.92. The van der Waals surface area contributed by atoms with E-state index in [4.69, 9.17) is 16.3 Å². The minimum absolute atomic E-state index is 0.0446. The number of ether oxygens (including phenoxy) is 1. The number of benzene rings is 2. The molecule has 0 amide bonds. The van der Waals surface area contributed by atoms with Crippen molar-refractivity contribution in [3.8, 4) is 11.5 Å². The molecule has 3 rings (SSSR count). The van der Waals surface area contributed by atoms with Gasteiger partial charge < -0.3 is 4.74 Å². The summed E-state index contributed by atoms with van der Waals surface area (Å²) in [6, 6.07) is 10.1. The van der Waals surface area contributed by atoms with Crippen molar-refractivity contribution in [3.05, 3.63) is 51.5 Å². The van der Waals surface area contributed by atoms with E-state index in [1.165, 1.54) is 17.8 Å². The number of hydrogen-bond acceptors (Lipinski definition) is 4. The fourth-order valence-electron chi connectivity index (χ4n) is 1.72. The van der Waals surface area contributed by atoms with E-state index in [9.17, 15) is 10.1 Å². The number of nitro groups is 1. The minimum atomic E-state index is -0.412. The van der Waals surface area contributed by atoms with Crippen LogP contribution in [0.4, 0.5) is 5.69 Å². The fourth-order valence-corrected chi connectivity index (χ4v) is 3.06. The third-order valence-electron chi connectivity index (χ3n) is 2.51. The maximum Gasteiger partial charge on any atom is 0.287 e. The van der Waals surface area contributed by atoms with Crippen LogP contribution in [0.15, 0.2) is 46.2 Å².